The SMILES string of the molecule is O=C(NCc1ccc(-n2ccnc2)cc1)[C@H]1CCCN(S(=O)(=O)c2ccccc2)C1. The number of nitrogens with one attached hydrogen (secondary N) is 1. The van der Waals surface area contributed by atoms with Crippen LogP contribution in [0.3, 0.4) is 0 Å². The summed E-state index contributed by atoms with van der Waals surface area (Å²) >= 11 is 0. The molecular weight excluding hydrogens is 400 g/mol. The van der Waals surface area contributed by atoms with Crippen molar-refractivity contribution in [3.63, 3.8) is 0 Å². The molecule has 2 aromatic carbocycles. The molecule has 4 rings (SSSR count). The van der Waals surface area contributed by atoms with Gasteiger partial charge in [0.1, 0.15) is 0 Å². The van der Waals surface area contributed by atoms with Gasteiger partial charge in [0.2, 0.25) is 15.9 Å². The zero-order chi connectivity index (χ0) is 21.0. The van der Waals surface area contributed by atoms with E-state index in [9.17, 15) is 13.2 Å². The van der Waals surface area contributed by atoms with Crippen LogP contribution in [0.15, 0.2) is 78.2 Å². The molecule has 1 N–H and O–H groups in total. The molecule has 1 fully saturated rings. The maximum absolute atomic E-state index is 12.9. The third-order valence-corrected chi connectivity index (χ3v) is 7.22. The van der Waals surface area contributed by atoms with Gasteiger partial charge in [-0.25, -0.2) is 13.4 Å². The first kappa shape index (κ1) is 20.3. The Morgan fingerprint density at radius 3 is 2.57 bits per heavy atom. The highest BCUT2D eigenvalue weighted by atomic mass is 32.2. The first-order valence-electron chi connectivity index (χ1n) is 9.94. The second-order valence-electron chi connectivity index (χ2n) is 7.37. The van der Waals surface area contributed by atoms with E-state index < -0.39 is 10.0 Å². The predicted octanol–water partition coefficient (Wildman–Crippen LogP) is 2.59. The molecule has 0 radical (unpaired) electrons. The van der Waals surface area contributed by atoms with E-state index in [1.807, 2.05) is 35.0 Å². The molecule has 8 heteroatoms. The summed E-state index contributed by atoms with van der Waals surface area (Å²) in [5.41, 5.74) is 1.98. The van der Waals surface area contributed by atoms with Crippen molar-refractivity contribution >= 4 is 15.9 Å². The van der Waals surface area contributed by atoms with E-state index in [2.05, 4.69) is 10.3 Å². The Labute approximate surface area is 176 Å². The summed E-state index contributed by atoms with van der Waals surface area (Å²) in [4.78, 5) is 17.0. The van der Waals surface area contributed by atoms with Gasteiger partial charge in [-0.3, -0.25) is 4.79 Å². The molecule has 0 bridgehead atoms. The zero-order valence-electron chi connectivity index (χ0n) is 16.5. The van der Waals surface area contributed by atoms with Crippen LogP contribution in [0.2, 0.25) is 0 Å². The van der Waals surface area contributed by atoms with Gasteiger partial charge in [0.25, 0.3) is 0 Å². The molecule has 7 nitrogen and oxygen atoms in total. The number of sulfonamides is 1. The van der Waals surface area contributed by atoms with Crippen LogP contribution in [0.5, 0.6) is 0 Å². The molecule has 1 aromatic heterocycles. The quantitative estimate of drug-likeness (QED) is 0.659. The lowest BCUT2D eigenvalue weighted by molar-refractivity contribution is -0.126. The number of carbonyl (C=O) groups excluding carboxylic acids is 1. The third kappa shape index (κ3) is 4.44. The number of nitrogens with zero attached hydrogens (tertiary/aromatic N) is 3. The Bertz CT molecular complexity index is 1080. The van der Waals surface area contributed by atoms with Crippen molar-refractivity contribution < 1.29 is 13.2 Å². The monoisotopic (exact) mass is 424 g/mol. The highest BCUT2D eigenvalue weighted by Crippen LogP contribution is 2.24. The van der Waals surface area contributed by atoms with Crippen molar-refractivity contribution in [2.75, 3.05) is 13.1 Å². The van der Waals surface area contributed by atoms with E-state index in [-0.39, 0.29) is 23.3 Å². The highest BCUT2D eigenvalue weighted by molar-refractivity contribution is 7.89. The number of hydrogen-bond acceptors (Lipinski definition) is 4. The van der Waals surface area contributed by atoms with Crippen LogP contribution in [0.25, 0.3) is 5.69 Å². The van der Waals surface area contributed by atoms with Gasteiger partial charge in [0.05, 0.1) is 17.1 Å². The Hall–Kier alpha value is -2.97. The van der Waals surface area contributed by atoms with Gasteiger partial charge < -0.3 is 9.88 Å². The van der Waals surface area contributed by atoms with Crippen molar-refractivity contribution in [3.8, 4) is 5.69 Å². The first-order chi connectivity index (χ1) is 14.5. The Morgan fingerprint density at radius 1 is 1.10 bits per heavy atom. The molecule has 1 aliphatic rings. The minimum atomic E-state index is -3.58. The highest BCUT2D eigenvalue weighted by Gasteiger charge is 2.33. The van der Waals surface area contributed by atoms with Gasteiger partial charge in [0, 0.05) is 37.7 Å². The summed E-state index contributed by atoms with van der Waals surface area (Å²) in [5, 5.41) is 2.96. The van der Waals surface area contributed by atoms with E-state index >= 15 is 0 Å². The van der Waals surface area contributed by atoms with Gasteiger partial charge in [-0.2, -0.15) is 4.31 Å². The summed E-state index contributed by atoms with van der Waals surface area (Å²) in [7, 11) is -3.58. The zero-order valence-corrected chi connectivity index (χ0v) is 17.3. The van der Waals surface area contributed by atoms with Crippen molar-refractivity contribution in [1.82, 2.24) is 19.2 Å². The van der Waals surface area contributed by atoms with Gasteiger partial charge in [-0.05, 0) is 42.7 Å². The van der Waals surface area contributed by atoms with E-state index in [0.717, 1.165) is 11.3 Å². The second kappa shape index (κ2) is 8.81. The Morgan fingerprint density at radius 2 is 1.87 bits per heavy atom. The number of hydrogen-bond donors (Lipinski definition) is 1. The number of amides is 1. The molecule has 0 unspecified atom stereocenters. The summed E-state index contributed by atoms with van der Waals surface area (Å²) < 4.78 is 29.0. The van der Waals surface area contributed by atoms with Gasteiger partial charge in [-0.15, -0.1) is 0 Å². The van der Waals surface area contributed by atoms with Crippen molar-refractivity contribution in [2.45, 2.75) is 24.3 Å². The summed E-state index contributed by atoms with van der Waals surface area (Å²) in [6.07, 6.45) is 6.68. The molecule has 1 amide bonds. The maximum atomic E-state index is 12.9. The van der Waals surface area contributed by atoms with E-state index in [1.54, 1.807) is 42.9 Å². The van der Waals surface area contributed by atoms with Gasteiger partial charge >= 0.3 is 0 Å². The molecule has 1 saturated heterocycles. The summed E-state index contributed by atoms with van der Waals surface area (Å²) in [6.45, 7) is 1.06. The minimum Gasteiger partial charge on any atom is -0.352 e. The number of piperidine rings is 1. The van der Waals surface area contributed by atoms with Crippen LogP contribution in [0.4, 0.5) is 0 Å². The summed E-state index contributed by atoms with van der Waals surface area (Å²) in [6, 6.07) is 16.2. The molecule has 0 spiro atoms. The van der Waals surface area contributed by atoms with Crippen molar-refractivity contribution in [3.05, 3.63) is 78.9 Å². The van der Waals surface area contributed by atoms with Gasteiger partial charge in [0.15, 0.2) is 0 Å². The van der Waals surface area contributed by atoms with Crippen LogP contribution < -0.4 is 5.32 Å². The molecule has 2 heterocycles. The average Bonchev–Trinajstić information content (AvgIpc) is 3.33. The van der Waals surface area contributed by atoms with E-state index in [1.165, 1.54) is 4.31 Å². The van der Waals surface area contributed by atoms with Crippen LogP contribution in [0, 0.1) is 5.92 Å². The average molecular weight is 425 g/mol. The van der Waals surface area contributed by atoms with Crippen LogP contribution in [-0.4, -0.2) is 41.3 Å². The van der Waals surface area contributed by atoms with Crippen LogP contribution in [0.1, 0.15) is 18.4 Å². The predicted molar refractivity (Wildman–Crippen MR) is 113 cm³/mol. The van der Waals surface area contributed by atoms with Crippen molar-refractivity contribution in [1.29, 1.82) is 0 Å². The van der Waals surface area contributed by atoms with Crippen molar-refractivity contribution in [2.24, 2.45) is 5.92 Å². The molecular formula is C22H24N4O3S. The fraction of sp³-hybridized carbons (Fsp3) is 0.273. The van der Waals surface area contributed by atoms with Crippen LogP contribution >= 0.6 is 0 Å². The van der Waals surface area contributed by atoms with E-state index in [4.69, 9.17) is 0 Å². The molecule has 0 saturated carbocycles. The minimum absolute atomic E-state index is 0.110. The molecule has 156 valence electrons. The maximum Gasteiger partial charge on any atom is 0.243 e. The number of aromatic nitrogens is 2. The third-order valence-electron chi connectivity index (χ3n) is 5.34. The Kier molecular flexibility index (Phi) is 5.96. The summed E-state index contributed by atoms with van der Waals surface area (Å²) in [5.74, 6) is -0.455. The molecule has 3 aromatic rings. The largest absolute Gasteiger partial charge is 0.352 e. The molecule has 30 heavy (non-hydrogen) atoms. The molecule has 1 aliphatic heterocycles. The van der Waals surface area contributed by atoms with E-state index in [0.29, 0.717) is 25.9 Å². The number of benzene rings is 2. The van der Waals surface area contributed by atoms with Gasteiger partial charge in [-0.1, -0.05) is 30.3 Å². The fourth-order valence-electron chi connectivity index (χ4n) is 3.65. The fourth-order valence-corrected chi connectivity index (χ4v) is 5.19. The first-order valence-corrected chi connectivity index (χ1v) is 11.4. The lowest BCUT2D eigenvalue weighted by Gasteiger charge is -2.31. The Balaban J connectivity index is 1.35. The number of rotatable bonds is 6. The topological polar surface area (TPSA) is 84.3 Å². The second-order valence-corrected chi connectivity index (χ2v) is 9.31. The lowest BCUT2D eigenvalue weighted by atomic mass is 9.99. The standard InChI is InChI=1S/C22H24N4O3S/c27-22(24-15-18-8-10-20(11-9-18)25-14-12-23-17-25)19-5-4-13-26(16-19)30(28,29)21-6-2-1-3-7-21/h1-3,6-12,14,17,19H,4-5,13,15-16H2,(H,24,27)/t19-/m0/s1. The number of carbonyl (C=O) groups is 1. The van der Waals surface area contributed by atoms with Crippen LogP contribution in [-0.2, 0) is 21.4 Å². The smallest absolute Gasteiger partial charge is 0.243 e. The molecule has 1 atom stereocenters. The molecule has 0 aliphatic carbocycles. The normalized spacial score (nSPS) is 17.5. The number of imidazole rings is 1. The lowest BCUT2D eigenvalue weighted by Crippen LogP contribution is -2.45.